The molecule has 2 heteroatoms. The molecule has 172 valence electrons. The van der Waals surface area contributed by atoms with Gasteiger partial charge in [-0.1, -0.05) is 94.0 Å². The van der Waals surface area contributed by atoms with Crippen LogP contribution in [0.3, 0.4) is 0 Å². The van der Waals surface area contributed by atoms with Crippen molar-refractivity contribution >= 4 is 0 Å². The highest BCUT2D eigenvalue weighted by Crippen LogP contribution is 2.46. The smallest absolute Gasteiger partial charge is 0.0689 e. The Morgan fingerprint density at radius 1 is 0.906 bits per heavy atom. The highest BCUT2D eigenvalue weighted by atomic mass is 16.2. The molecule has 1 fully saturated rings. The van der Waals surface area contributed by atoms with Crippen LogP contribution in [0.4, 0.5) is 0 Å². The van der Waals surface area contributed by atoms with E-state index in [0.717, 1.165) is 44.9 Å². The van der Waals surface area contributed by atoms with Crippen LogP contribution in [0.25, 0.3) is 11.1 Å². The Balaban J connectivity index is 1.58. The molecule has 1 aliphatic carbocycles. The first-order chi connectivity index (χ1) is 15.7. The molecule has 2 atom stereocenters. The van der Waals surface area contributed by atoms with Gasteiger partial charge in [-0.2, -0.15) is 5.26 Å². The molecule has 2 aromatic rings. The molecule has 0 saturated heterocycles. The minimum Gasteiger partial charge on any atom is -0.396 e. The number of unbranched alkanes of at least 4 members (excludes halogenated alkanes) is 5. The largest absolute Gasteiger partial charge is 0.396 e. The molecule has 1 aliphatic rings. The van der Waals surface area contributed by atoms with Gasteiger partial charge in [-0.3, -0.25) is 0 Å². The van der Waals surface area contributed by atoms with Gasteiger partial charge in [0, 0.05) is 6.61 Å². The third-order valence-electron chi connectivity index (χ3n) is 7.38. The van der Waals surface area contributed by atoms with Crippen molar-refractivity contribution < 1.29 is 5.11 Å². The van der Waals surface area contributed by atoms with Gasteiger partial charge in [0.2, 0.25) is 0 Å². The van der Waals surface area contributed by atoms with E-state index in [0.29, 0.717) is 12.5 Å². The second-order valence-electron chi connectivity index (χ2n) is 9.85. The number of hydrogen-bond donors (Lipinski definition) is 1. The Bertz CT molecular complexity index is 833. The number of nitrogens with zero attached hydrogens (tertiary/aromatic N) is 1. The lowest BCUT2D eigenvalue weighted by Crippen LogP contribution is -2.26. The fraction of sp³-hybridized carbons (Fsp3) is 0.567. The SMILES string of the molecule is CCCCc1ccc(-c2ccc(C3CCCC(C#N)(CCCCCCCO)C3)cc2)cc1. The molecule has 2 nitrogen and oxygen atoms in total. The molecule has 0 spiro atoms. The van der Waals surface area contributed by atoms with Gasteiger partial charge in [0.25, 0.3) is 0 Å². The summed E-state index contributed by atoms with van der Waals surface area (Å²) in [6.07, 6.45) is 14.6. The summed E-state index contributed by atoms with van der Waals surface area (Å²) in [5.74, 6) is 0.503. The van der Waals surface area contributed by atoms with Crippen molar-refractivity contribution in [1.29, 1.82) is 5.26 Å². The van der Waals surface area contributed by atoms with Gasteiger partial charge in [-0.15, -0.1) is 0 Å². The molecule has 32 heavy (non-hydrogen) atoms. The molecule has 0 aromatic heterocycles. The van der Waals surface area contributed by atoms with Gasteiger partial charge >= 0.3 is 0 Å². The Hall–Kier alpha value is -2.11. The summed E-state index contributed by atoms with van der Waals surface area (Å²) in [6.45, 7) is 2.54. The summed E-state index contributed by atoms with van der Waals surface area (Å²) >= 11 is 0. The first-order valence-electron chi connectivity index (χ1n) is 12.9. The van der Waals surface area contributed by atoms with Gasteiger partial charge in [0.05, 0.1) is 11.5 Å². The number of aliphatic hydroxyl groups excluding tert-OH is 1. The number of benzene rings is 2. The lowest BCUT2D eigenvalue weighted by molar-refractivity contribution is 0.217. The van der Waals surface area contributed by atoms with E-state index in [1.807, 2.05) is 0 Å². The normalized spacial score (nSPS) is 20.7. The van der Waals surface area contributed by atoms with E-state index in [2.05, 4.69) is 61.5 Å². The van der Waals surface area contributed by atoms with E-state index >= 15 is 0 Å². The molecule has 0 heterocycles. The molecule has 3 rings (SSSR count). The van der Waals surface area contributed by atoms with Crippen molar-refractivity contribution in [1.82, 2.24) is 0 Å². The van der Waals surface area contributed by atoms with E-state index in [1.54, 1.807) is 0 Å². The zero-order valence-corrected chi connectivity index (χ0v) is 20.0. The first kappa shape index (κ1) is 24.5. The average molecular weight is 432 g/mol. The molecule has 0 aliphatic heterocycles. The van der Waals surface area contributed by atoms with Crippen LogP contribution in [0.5, 0.6) is 0 Å². The monoisotopic (exact) mass is 431 g/mol. The van der Waals surface area contributed by atoms with Crippen molar-refractivity contribution in [2.24, 2.45) is 5.41 Å². The zero-order chi connectivity index (χ0) is 22.7. The zero-order valence-electron chi connectivity index (χ0n) is 20.0. The molecular weight excluding hydrogens is 390 g/mol. The van der Waals surface area contributed by atoms with E-state index in [4.69, 9.17) is 5.11 Å². The summed E-state index contributed by atoms with van der Waals surface area (Å²) in [6, 6.07) is 20.9. The number of rotatable bonds is 12. The standard InChI is InChI=1S/C30H41NO/c1-2-3-10-25-12-14-26(15-13-25)27-16-18-28(19-17-27)29-11-9-21-30(23-29,24-31)20-7-5-4-6-8-22-32/h12-19,29,32H,2-11,20-23H2,1H3. The number of aliphatic hydroxyl groups is 1. The van der Waals surface area contributed by atoms with Crippen molar-refractivity contribution in [3.05, 3.63) is 59.7 Å². The van der Waals surface area contributed by atoms with Gasteiger partial charge in [-0.25, -0.2) is 0 Å². The first-order valence-corrected chi connectivity index (χ1v) is 12.9. The maximum Gasteiger partial charge on any atom is 0.0689 e. The van der Waals surface area contributed by atoms with E-state index in [1.165, 1.54) is 60.8 Å². The molecule has 1 saturated carbocycles. The van der Waals surface area contributed by atoms with Crippen LogP contribution in [-0.4, -0.2) is 11.7 Å². The van der Waals surface area contributed by atoms with Crippen molar-refractivity contribution in [2.45, 2.75) is 96.3 Å². The summed E-state index contributed by atoms with van der Waals surface area (Å²) in [5, 5.41) is 19.0. The maximum absolute atomic E-state index is 10.0. The van der Waals surface area contributed by atoms with E-state index < -0.39 is 0 Å². The summed E-state index contributed by atoms with van der Waals surface area (Å²) in [5.41, 5.74) is 5.24. The molecule has 0 bridgehead atoms. The van der Waals surface area contributed by atoms with Crippen LogP contribution in [0.1, 0.15) is 101 Å². The van der Waals surface area contributed by atoms with Crippen LogP contribution in [0, 0.1) is 16.7 Å². The van der Waals surface area contributed by atoms with Gasteiger partial charge < -0.3 is 5.11 Å². The van der Waals surface area contributed by atoms with E-state index in [-0.39, 0.29) is 5.41 Å². The lowest BCUT2D eigenvalue weighted by atomic mass is 9.66. The second kappa shape index (κ2) is 12.8. The lowest BCUT2D eigenvalue weighted by Gasteiger charge is -2.36. The maximum atomic E-state index is 10.0. The Labute approximate surface area is 195 Å². The predicted octanol–water partition coefficient (Wildman–Crippen LogP) is 8.20. The minimum absolute atomic E-state index is 0.146. The minimum atomic E-state index is -0.146. The van der Waals surface area contributed by atoms with Crippen LogP contribution < -0.4 is 0 Å². The predicted molar refractivity (Wildman–Crippen MR) is 135 cm³/mol. The highest BCUT2D eigenvalue weighted by molar-refractivity contribution is 5.64. The number of nitriles is 1. The number of aryl methyl sites for hydroxylation is 1. The third kappa shape index (κ3) is 6.94. The Morgan fingerprint density at radius 3 is 2.22 bits per heavy atom. The topological polar surface area (TPSA) is 44.0 Å². The fourth-order valence-corrected chi connectivity index (χ4v) is 5.33. The quantitative estimate of drug-likeness (QED) is 0.344. The van der Waals surface area contributed by atoms with Gasteiger partial charge in [0.15, 0.2) is 0 Å². The van der Waals surface area contributed by atoms with Crippen molar-refractivity contribution in [3.63, 3.8) is 0 Å². The van der Waals surface area contributed by atoms with Crippen LogP contribution in [-0.2, 0) is 6.42 Å². The van der Waals surface area contributed by atoms with Gasteiger partial charge in [0.1, 0.15) is 0 Å². The molecule has 0 amide bonds. The van der Waals surface area contributed by atoms with Crippen molar-refractivity contribution in [2.75, 3.05) is 6.61 Å². The molecule has 2 aromatic carbocycles. The molecular formula is C30H41NO. The van der Waals surface area contributed by atoms with Gasteiger partial charge in [-0.05, 0) is 73.1 Å². The Kier molecular flexibility index (Phi) is 9.82. The van der Waals surface area contributed by atoms with Crippen LogP contribution in [0.15, 0.2) is 48.5 Å². The van der Waals surface area contributed by atoms with Crippen molar-refractivity contribution in [3.8, 4) is 17.2 Å². The second-order valence-corrected chi connectivity index (χ2v) is 9.85. The van der Waals surface area contributed by atoms with Crippen LogP contribution >= 0.6 is 0 Å². The summed E-state index contributed by atoms with van der Waals surface area (Å²) in [7, 11) is 0. The molecule has 1 N–H and O–H groups in total. The highest BCUT2D eigenvalue weighted by Gasteiger charge is 2.36. The Morgan fingerprint density at radius 2 is 1.56 bits per heavy atom. The average Bonchev–Trinajstić information content (AvgIpc) is 2.85. The number of hydrogen-bond acceptors (Lipinski definition) is 2. The fourth-order valence-electron chi connectivity index (χ4n) is 5.33. The molecule has 2 unspecified atom stereocenters. The van der Waals surface area contributed by atoms with Crippen LogP contribution in [0.2, 0.25) is 0 Å². The summed E-state index contributed by atoms with van der Waals surface area (Å²) in [4.78, 5) is 0. The van der Waals surface area contributed by atoms with E-state index in [9.17, 15) is 5.26 Å². The molecule has 0 radical (unpaired) electrons. The third-order valence-corrected chi connectivity index (χ3v) is 7.38. The summed E-state index contributed by atoms with van der Waals surface area (Å²) < 4.78 is 0.